The highest BCUT2D eigenvalue weighted by Gasteiger charge is 2.19. The first-order chi connectivity index (χ1) is 8.88. The van der Waals surface area contributed by atoms with Crippen LogP contribution in [-0.2, 0) is 13.0 Å². The van der Waals surface area contributed by atoms with Crippen LogP contribution < -0.4 is 10.2 Å². The van der Waals surface area contributed by atoms with E-state index in [1.165, 1.54) is 22.5 Å². The zero-order valence-electron chi connectivity index (χ0n) is 10.7. The molecule has 2 aromatic rings. The molecule has 0 aliphatic carbocycles. The molecule has 18 heavy (non-hydrogen) atoms. The maximum absolute atomic E-state index is 3.20. The van der Waals surface area contributed by atoms with Crippen LogP contribution in [0.15, 0.2) is 48.5 Å². The molecule has 0 saturated heterocycles. The number of rotatable bonds is 3. The third kappa shape index (κ3) is 2.00. The molecule has 1 N–H and O–H groups in total. The second-order valence-corrected chi connectivity index (χ2v) is 4.73. The van der Waals surface area contributed by atoms with Crippen LogP contribution in [0.3, 0.4) is 0 Å². The lowest BCUT2D eigenvalue weighted by Gasteiger charge is -2.20. The van der Waals surface area contributed by atoms with Crippen molar-refractivity contribution in [2.75, 3.05) is 18.5 Å². The summed E-state index contributed by atoms with van der Waals surface area (Å²) in [7, 11) is 1.98. The Morgan fingerprint density at radius 2 is 2.00 bits per heavy atom. The van der Waals surface area contributed by atoms with Crippen LogP contribution in [0.25, 0.3) is 0 Å². The maximum Gasteiger partial charge on any atom is 0.0444 e. The zero-order valence-corrected chi connectivity index (χ0v) is 10.7. The molecule has 0 aromatic heterocycles. The zero-order chi connectivity index (χ0) is 12.4. The molecule has 1 heterocycles. The van der Waals surface area contributed by atoms with Gasteiger partial charge in [0, 0.05) is 24.5 Å². The van der Waals surface area contributed by atoms with Crippen molar-refractivity contribution in [2.24, 2.45) is 0 Å². The van der Waals surface area contributed by atoms with E-state index in [2.05, 4.69) is 58.7 Å². The lowest BCUT2D eigenvalue weighted by atomic mass is 10.1. The summed E-state index contributed by atoms with van der Waals surface area (Å²) in [6.07, 6.45) is 1.15. The molecule has 1 aliphatic heterocycles. The van der Waals surface area contributed by atoms with Crippen molar-refractivity contribution in [3.63, 3.8) is 0 Å². The smallest absolute Gasteiger partial charge is 0.0444 e. The van der Waals surface area contributed by atoms with Crippen molar-refractivity contribution in [3.05, 3.63) is 59.7 Å². The van der Waals surface area contributed by atoms with Gasteiger partial charge in [-0.2, -0.15) is 0 Å². The molecular formula is C16H18N2. The van der Waals surface area contributed by atoms with Gasteiger partial charge in [-0.3, -0.25) is 0 Å². The number of nitrogens with one attached hydrogen (secondary N) is 1. The van der Waals surface area contributed by atoms with Crippen LogP contribution in [0.5, 0.6) is 0 Å². The number of benzene rings is 2. The van der Waals surface area contributed by atoms with Gasteiger partial charge in [0.15, 0.2) is 0 Å². The lowest BCUT2D eigenvalue weighted by Crippen LogP contribution is -2.14. The molecule has 0 fully saturated rings. The van der Waals surface area contributed by atoms with Crippen LogP contribution in [0, 0.1) is 0 Å². The summed E-state index contributed by atoms with van der Waals surface area (Å²) >= 11 is 0. The number of para-hydroxylation sites is 1. The fraction of sp³-hybridized carbons (Fsp3) is 0.250. The Labute approximate surface area is 108 Å². The second kappa shape index (κ2) is 4.83. The average molecular weight is 238 g/mol. The number of hydrogen-bond donors (Lipinski definition) is 1. The van der Waals surface area contributed by atoms with Gasteiger partial charge in [0.05, 0.1) is 0 Å². The molecule has 0 atom stereocenters. The van der Waals surface area contributed by atoms with Crippen LogP contribution >= 0.6 is 0 Å². The molecule has 1 aliphatic rings. The van der Waals surface area contributed by atoms with Crippen molar-refractivity contribution in [2.45, 2.75) is 13.0 Å². The molecule has 0 saturated carbocycles. The minimum Gasteiger partial charge on any atom is -0.341 e. The summed E-state index contributed by atoms with van der Waals surface area (Å²) < 4.78 is 0. The molecule has 2 aromatic carbocycles. The second-order valence-electron chi connectivity index (χ2n) is 4.73. The van der Waals surface area contributed by atoms with E-state index in [0.717, 1.165) is 19.5 Å². The first kappa shape index (κ1) is 11.3. The Kier molecular flexibility index (Phi) is 3.03. The van der Waals surface area contributed by atoms with Gasteiger partial charge in [0.1, 0.15) is 0 Å². The summed E-state index contributed by atoms with van der Waals surface area (Å²) in [5.41, 5.74) is 5.45. The summed E-state index contributed by atoms with van der Waals surface area (Å²) in [4.78, 5) is 2.41. The van der Waals surface area contributed by atoms with E-state index in [1.807, 2.05) is 7.05 Å². The molecule has 0 bridgehead atoms. The van der Waals surface area contributed by atoms with Gasteiger partial charge in [-0.25, -0.2) is 0 Å². The quantitative estimate of drug-likeness (QED) is 0.884. The third-order valence-corrected chi connectivity index (χ3v) is 3.49. The van der Waals surface area contributed by atoms with Crippen molar-refractivity contribution in [1.29, 1.82) is 0 Å². The molecule has 0 amide bonds. The Morgan fingerprint density at radius 3 is 2.89 bits per heavy atom. The molecule has 0 radical (unpaired) electrons. The van der Waals surface area contributed by atoms with Crippen LogP contribution in [0.4, 0.5) is 11.4 Å². The number of anilines is 2. The summed E-state index contributed by atoms with van der Waals surface area (Å²) in [5.74, 6) is 0. The van der Waals surface area contributed by atoms with Crippen LogP contribution in [0.1, 0.15) is 11.1 Å². The fourth-order valence-corrected chi connectivity index (χ4v) is 2.64. The van der Waals surface area contributed by atoms with E-state index in [0.29, 0.717) is 0 Å². The lowest BCUT2D eigenvalue weighted by molar-refractivity contribution is 0.817. The molecular weight excluding hydrogens is 220 g/mol. The Hall–Kier alpha value is -1.80. The Morgan fingerprint density at radius 1 is 1.11 bits per heavy atom. The molecule has 0 spiro atoms. The molecule has 0 unspecified atom stereocenters. The van der Waals surface area contributed by atoms with Gasteiger partial charge in [0.25, 0.3) is 0 Å². The van der Waals surface area contributed by atoms with Gasteiger partial charge in [0.2, 0.25) is 0 Å². The van der Waals surface area contributed by atoms with E-state index in [1.54, 1.807) is 0 Å². The largest absolute Gasteiger partial charge is 0.341 e. The van der Waals surface area contributed by atoms with Gasteiger partial charge in [-0.05, 0) is 42.8 Å². The topological polar surface area (TPSA) is 15.3 Å². The van der Waals surface area contributed by atoms with E-state index < -0.39 is 0 Å². The Balaban J connectivity index is 1.94. The van der Waals surface area contributed by atoms with Crippen LogP contribution in [0.2, 0.25) is 0 Å². The highest BCUT2D eigenvalue weighted by atomic mass is 15.2. The SMILES string of the molecule is CNCc1cccc(N2CCc3ccccc32)c1. The van der Waals surface area contributed by atoms with Crippen LogP contribution in [-0.4, -0.2) is 13.6 Å². The highest BCUT2D eigenvalue weighted by molar-refractivity contribution is 5.70. The monoisotopic (exact) mass is 238 g/mol. The predicted molar refractivity (Wildman–Crippen MR) is 76.4 cm³/mol. The van der Waals surface area contributed by atoms with Crippen molar-refractivity contribution < 1.29 is 0 Å². The van der Waals surface area contributed by atoms with Crippen molar-refractivity contribution >= 4 is 11.4 Å². The van der Waals surface area contributed by atoms with Gasteiger partial charge < -0.3 is 10.2 Å². The maximum atomic E-state index is 3.20. The minimum atomic E-state index is 0.920. The number of hydrogen-bond acceptors (Lipinski definition) is 2. The minimum absolute atomic E-state index is 0.920. The predicted octanol–water partition coefficient (Wildman–Crippen LogP) is 3.10. The van der Waals surface area contributed by atoms with Crippen molar-refractivity contribution in [3.8, 4) is 0 Å². The van der Waals surface area contributed by atoms with E-state index in [-0.39, 0.29) is 0 Å². The first-order valence-electron chi connectivity index (χ1n) is 6.47. The van der Waals surface area contributed by atoms with Crippen molar-refractivity contribution in [1.82, 2.24) is 5.32 Å². The van der Waals surface area contributed by atoms with Gasteiger partial charge >= 0.3 is 0 Å². The fourth-order valence-electron chi connectivity index (χ4n) is 2.64. The number of fused-ring (bicyclic) bond motifs is 1. The van der Waals surface area contributed by atoms with E-state index >= 15 is 0 Å². The summed E-state index contributed by atoms with van der Waals surface area (Å²) in [5, 5.41) is 3.20. The molecule has 92 valence electrons. The number of nitrogens with zero attached hydrogens (tertiary/aromatic N) is 1. The summed E-state index contributed by atoms with van der Waals surface area (Å²) in [6.45, 7) is 2.01. The Bertz CT molecular complexity index is 548. The normalized spacial score (nSPS) is 13.7. The average Bonchev–Trinajstić information content (AvgIpc) is 2.83. The highest BCUT2D eigenvalue weighted by Crippen LogP contribution is 2.34. The van der Waals surface area contributed by atoms with Gasteiger partial charge in [-0.1, -0.05) is 30.3 Å². The van der Waals surface area contributed by atoms with Gasteiger partial charge in [-0.15, -0.1) is 0 Å². The molecule has 2 nitrogen and oxygen atoms in total. The third-order valence-electron chi connectivity index (χ3n) is 3.49. The van der Waals surface area contributed by atoms with E-state index in [9.17, 15) is 0 Å². The summed E-state index contributed by atoms with van der Waals surface area (Å²) in [6, 6.07) is 17.5. The first-order valence-corrected chi connectivity index (χ1v) is 6.47. The molecule has 2 heteroatoms. The van der Waals surface area contributed by atoms with E-state index in [4.69, 9.17) is 0 Å². The standard InChI is InChI=1S/C16H18N2/c1-17-12-13-5-4-7-15(11-13)18-10-9-14-6-2-3-8-16(14)18/h2-8,11,17H,9-10,12H2,1H3. The molecule has 3 rings (SSSR count).